The number of carbonyl (C=O) groups is 4. The number of Topliss-reactive ketones (excluding diaryl/α,β-unsaturated/α-hetero) is 1. The third-order valence-electron chi connectivity index (χ3n) is 5.78. The molecule has 2 heterocycles. The molecule has 0 aromatic rings. The lowest BCUT2D eigenvalue weighted by Crippen LogP contribution is -2.58. The van der Waals surface area contributed by atoms with Crippen LogP contribution in [0.3, 0.4) is 0 Å². The van der Waals surface area contributed by atoms with Gasteiger partial charge in [-0.2, -0.15) is 13.2 Å². The lowest BCUT2D eigenvalue weighted by Gasteiger charge is -2.33. The van der Waals surface area contributed by atoms with E-state index in [1.54, 1.807) is 13.8 Å². The number of carbonyl (C=O) groups excluding carboxylic acids is 4. The van der Waals surface area contributed by atoms with Gasteiger partial charge in [-0.25, -0.2) is 10.3 Å². The van der Waals surface area contributed by atoms with Gasteiger partial charge in [-0.3, -0.25) is 19.2 Å². The second-order valence-corrected chi connectivity index (χ2v) is 9.07. The van der Waals surface area contributed by atoms with Crippen molar-refractivity contribution in [3.05, 3.63) is 0 Å². The SMILES string of the molecule is CC(C)C(ONC(=O)[C@@H]1CCCN1C(=O)[C@@H](NC(=O)N1CCOCC1)C(C)C)C(=O)C(F)(F)F. The number of amides is 4. The zero-order chi connectivity index (χ0) is 25.6. The standard InChI is InChI=1S/C21H33F3N4O6/c1-12(2)15(25-20(32)27-8-10-33-11-9-27)19(31)28-7-5-6-14(28)18(30)26-34-16(13(3)4)17(29)21(22,23)24/h12-16H,5-11H2,1-4H3,(H,25,32)(H,26,30)/t14-,15-,16?/m0/s1. The molecule has 194 valence electrons. The molecular formula is C21H33F3N4O6. The third kappa shape index (κ3) is 7.05. The summed E-state index contributed by atoms with van der Waals surface area (Å²) in [7, 11) is 0. The Labute approximate surface area is 196 Å². The van der Waals surface area contributed by atoms with Crippen LogP contribution in [-0.2, 0) is 24.0 Å². The summed E-state index contributed by atoms with van der Waals surface area (Å²) in [5.74, 6) is -4.54. The van der Waals surface area contributed by atoms with Gasteiger partial charge >= 0.3 is 12.2 Å². The summed E-state index contributed by atoms with van der Waals surface area (Å²) in [6.07, 6.45) is -6.27. The molecule has 0 spiro atoms. The first kappa shape index (κ1) is 27.8. The van der Waals surface area contributed by atoms with E-state index < -0.39 is 53.9 Å². The minimum Gasteiger partial charge on any atom is -0.378 e. The summed E-state index contributed by atoms with van der Waals surface area (Å²) in [5, 5.41) is 2.73. The minimum absolute atomic E-state index is 0.239. The second kappa shape index (κ2) is 11.8. The average molecular weight is 495 g/mol. The monoisotopic (exact) mass is 494 g/mol. The number of hydroxylamine groups is 1. The van der Waals surface area contributed by atoms with Crippen molar-refractivity contribution in [3.63, 3.8) is 0 Å². The normalized spacial score (nSPS) is 20.9. The summed E-state index contributed by atoms with van der Waals surface area (Å²) in [4.78, 5) is 57.8. The molecule has 2 N–H and O–H groups in total. The molecule has 0 radical (unpaired) electrons. The molecule has 2 saturated heterocycles. The number of ketones is 1. The summed E-state index contributed by atoms with van der Waals surface area (Å²) in [5.41, 5.74) is 1.94. The maximum atomic E-state index is 13.3. The average Bonchev–Trinajstić information content (AvgIpc) is 3.26. The van der Waals surface area contributed by atoms with Crippen LogP contribution in [0.2, 0.25) is 0 Å². The van der Waals surface area contributed by atoms with Gasteiger partial charge < -0.3 is 19.9 Å². The molecule has 1 unspecified atom stereocenters. The van der Waals surface area contributed by atoms with Crippen LogP contribution in [0.4, 0.5) is 18.0 Å². The smallest absolute Gasteiger partial charge is 0.378 e. The van der Waals surface area contributed by atoms with E-state index in [9.17, 15) is 32.3 Å². The number of hydrogen-bond donors (Lipinski definition) is 2. The molecule has 0 aromatic carbocycles. The fourth-order valence-electron chi connectivity index (χ4n) is 3.83. The van der Waals surface area contributed by atoms with Gasteiger partial charge in [-0.05, 0) is 24.7 Å². The quantitative estimate of drug-likeness (QED) is 0.491. The molecule has 13 heteroatoms. The molecule has 4 amide bonds. The van der Waals surface area contributed by atoms with E-state index in [2.05, 4.69) is 5.32 Å². The number of morpholine rings is 1. The van der Waals surface area contributed by atoms with E-state index in [0.717, 1.165) is 0 Å². The van der Waals surface area contributed by atoms with Crippen molar-refractivity contribution < 1.29 is 41.9 Å². The largest absolute Gasteiger partial charge is 0.452 e. The van der Waals surface area contributed by atoms with Gasteiger partial charge in [0.2, 0.25) is 5.91 Å². The highest BCUT2D eigenvalue weighted by molar-refractivity contribution is 5.92. The van der Waals surface area contributed by atoms with Crippen molar-refractivity contribution in [2.75, 3.05) is 32.8 Å². The number of likely N-dealkylation sites (tertiary alicyclic amines) is 1. The molecule has 2 fully saturated rings. The first-order valence-electron chi connectivity index (χ1n) is 11.3. The fraction of sp³-hybridized carbons (Fsp3) is 0.810. The molecule has 0 saturated carbocycles. The Bertz CT molecular complexity index is 755. The Morgan fingerprint density at radius 2 is 1.62 bits per heavy atom. The maximum absolute atomic E-state index is 13.3. The number of alkyl halides is 3. The summed E-state index contributed by atoms with van der Waals surface area (Å²) >= 11 is 0. The van der Waals surface area contributed by atoms with Crippen LogP contribution >= 0.6 is 0 Å². The van der Waals surface area contributed by atoms with E-state index in [0.29, 0.717) is 32.7 Å². The Morgan fingerprint density at radius 1 is 1.00 bits per heavy atom. The number of ether oxygens (including phenoxy) is 1. The highest BCUT2D eigenvalue weighted by atomic mass is 19.4. The van der Waals surface area contributed by atoms with Gasteiger partial charge in [0.25, 0.3) is 11.7 Å². The molecule has 0 aromatic heterocycles. The minimum atomic E-state index is -5.11. The van der Waals surface area contributed by atoms with Gasteiger partial charge in [-0.15, -0.1) is 0 Å². The Balaban J connectivity index is 2.04. The van der Waals surface area contributed by atoms with Gasteiger partial charge in [-0.1, -0.05) is 27.7 Å². The van der Waals surface area contributed by atoms with Crippen molar-refractivity contribution in [2.45, 2.75) is 64.9 Å². The second-order valence-electron chi connectivity index (χ2n) is 9.07. The first-order valence-corrected chi connectivity index (χ1v) is 11.3. The first-order chi connectivity index (χ1) is 15.8. The molecular weight excluding hydrogens is 461 g/mol. The van der Waals surface area contributed by atoms with Crippen molar-refractivity contribution in [3.8, 4) is 0 Å². The van der Waals surface area contributed by atoms with E-state index >= 15 is 0 Å². The topological polar surface area (TPSA) is 117 Å². The molecule has 0 aliphatic carbocycles. The van der Waals surface area contributed by atoms with Crippen LogP contribution in [0, 0.1) is 11.8 Å². The van der Waals surface area contributed by atoms with Gasteiger partial charge in [0.15, 0.2) is 6.10 Å². The van der Waals surface area contributed by atoms with Crippen LogP contribution in [0.15, 0.2) is 0 Å². The predicted molar refractivity (Wildman–Crippen MR) is 113 cm³/mol. The van der Waals surface area contributed by atoms with E-state index in [4.69, 9.17) is 9.57 Å². The number of hydrogen-bond acceptors (Lipinski definition) is 6. The number of nitrogens with one attached hydrogen (secondary N) is 2. The molecule has 3 atom stereocenters. The number of urea groups is 1. The molecule has 34 heavy (non-hydrogen) atoms. The summed E-state index contributed by atoms with van der Waals surface area (Å²) in [6, 6.07) is -2.31. The van der Waals surface area contributed by atoms with E-state index in [1.807, 2.05) is 5.48 Å². The summed E-state index contributed by atoms with van der Waals surface area (Å²) in [6.45, 7) is 8.05. The summed E-state index contributed by atoms with van der Waals surface area (Å²) < 4.78 is 43.7. The highest BCUT2D eigenvalue weighted by Crippen LogP contribution is 2.24. The molecule has 2 aliphatic heterocycles. The van der Waals surface area contributed by atoms with Gasteiger partial charge in [0.1, 0.15) is 12.1 Å². The lowest BCUT2D eigenvalue weighted by molar-refractivity contribution is -0.191. The van der Waals surface area contributed by atoms with E-state index in [-0.39, 0.29) is 18.9 Å². The third-order valence-corrected chi connectivity index (χ3v) is 5.78. The van der Waals surface area contributed by atoms with Gasteiger partial charge in [0, 0.05) is 19.6 Å². The Hall–Kier alpha value is -2.41. The maximum Gasteiger partial charge on any atom is 0.452 e. The lowest BCUT2D eigenvalue weighted by atomic mass is 10.0. The number of rotatable bonds is 8. The number of nitrogens with zero attached hydrogens (tertiary/aromatic N) is 2. The zero-order valence-electron chi connectivity index (χ0n) is 19.8. The van der Waals surface area contributed by atoms with Gasteiger partial charge in [0.05, 0.1) is 13.2 Å². The predicted octanol–water partition coefficient (Wildman–Crippen LogP) is 1.25. The van der Waals surface area contributed by atoms with Crippen LogP contribution in [-0.4, -0.2) is 90.6 Å². The van der Waals surface area contributed by atoms with Crippen molar-refractivity contribution in [1.82, 2.24) is 20.6 Å². The van der Waals surface area contributed by atoms with Crippen LogP contribution < -0.4 is 10.8 Å². The molecule has 2 aliphatic rings. The van der Waals surface area contributed by atoms with Crippen molar-refractivity contribution in [1.29, 1.82) is 0 Å². The van der Waals surface area contributed by atoms with Crippen LogP contribution in [0.5, 0.6) is 0 Å². The van der Waals surface area contributed by atoms with E-state index in [1.165, 1.54) is 23.6 Å². The Morgan fingerprint density at radius 3 is 2.15 bits per heavy atom. The van der Waals surface area contributed by atoms with Crippen molar-refractivity contribution >= 4 is 23.6 Å². The molecule has 10 nitrogen and oxygen atoms in total. The zero-order valence-corrected chi connectivity index (χ0v) is 19.8. The highest BCUT2D eigenvalue weighted by Gasteiger charge is 2.46. The molecule has 0 bridgehead atoms. The number of halogens is 3. The molecule has 2 rings (SSSR count). The Kier molecular flexibility index (Phi) is 9.68. The van der Waals surface area contributed by atoms with Crippen LogP contribution in [0.1, 0.15) is 40.5 Å². The fourth-order valence-corrected chi connectivity index (χ4v) is 3.83. The van der Waals surface area contributed by atoms with Crippen LogP contribution in [0.25, 0.3) is 0 Å². The van der Waals surface area contributed by atoms with Crippen molar-refractivity contribution in [2.24, 2.45) is 11.8 Å².